The molecular formula is C16H18BrNOS. The third kappa shape index (κ3) is 4.94. The number of halogens is 1. The fourth-order valence-electron chi connectivity index (χ4n) is 1.78. The van der Waals surface area contributed by atoms with Crippen molar-refractivity contribution in [1.82, 2.24) is 5.32 Å². The normalized spacial score (nSPS) is 10.7. The number of hydrogen-bond donors (Lipinski definition) is 1. The van der Waals surface area contributed by atoms with E-state index in [4.69, 9.17) is 4.74 Å². The highest BCUT2D eigenvalue weighted by molar-refractivity contribution is 9.10. The zero-order valence-electron chi connectivity index (χ0n) is 11.4. The highest BCUT2D eigenvalue weighted by Crippen LogP contribution is 2.31. The molecule has 2 aromatic rings. The molecule has 2 aromatic carbocycles. The molecule has 0 heterocycles. The largest absolute Gasteiger partial charge is 0.383 e. The van der Waals surface area contributed by atoms with E-state index in [9.17, 15) is 0 Å². The van der Waals surface area contributed by atoms with Gasteiger partial charge in [-0.15, -0.1) is 0 Å². The van der Waals surface area contributed by atoms with Crippen LogP contribution in [0.25, 0.3) is 0 Å². The zero-order chi connectivity index (χ0) is 14.2. The number of methoxy groups -OCH3 is 1. The molecule has 106 valence electrons. The van der Waals surface area contributed by atoms with Gasteiger partial charge < -0.3 is 10.1 Å². The summed E-state index contributed by atoms with van der Waals surface area (Å²) in [4.78, 5) is 2.54. The topological polar surface area (TPSA) is 21.3 Å². The van der Waals surface area contributed by atoms with E-state index < -0.39 is 0 Å². The van der Waals surface area contributed by atoms with Crippen LogP contribution in [0.3, 0.4) is 0 Å². The molecule has 0 aliphatic rings. The molecule has 20 heavy (non-hydrogen) atoms. The van der Waals surface area contributed by atoms with E-state index in [0.717, 1.165) is 24.2 Å². The van der Waals surface area contributed by atoms with E-state index in [1.54, 1.807) is 18.9 Å². The summed E-state index contributed by atoms with van der Waals surface area (Å²) < 4.78 is 6.15. The summed E-state index contributed by atoms with van der Waals surface area (Å²) in [5, 5.41) is 3.39. The van der Waals surface area contributed by atoms with Gasteiger partial charge in [-0.05, 0) is 35.9 Å². The summed E-state index contributed by atoms with van der Waals surface area (Å²) in [6.07, 6.45) is 0. The minimum atomic E-state index is 0.738. The third-order valence-electron chi connectivity index (χ3n) is 2.81. The van der Waals surface area contributed by atoms with Crippen molar-refractivity contribution in [3.8, 4) is 0 Å². The Morgan fingerprint density at radius 1 is 1.10 bits per heavy atom. The minimum absolute atomic E-state index is 0.738. The first-order valence-corrected chi connectivity index (χ1v) is 8.11. The number of hydrogen-bond acceptors (Lipinski definition) is 3. The van der Waals surface area contributed by atoms with E-state index in [1.807, 2.05) is 0 Å². The number of ether oxygens (including phenoxy) is 1. The van der Waals surface area contributed by atoms with Crippen molar-refractivity contribution in [2.75, 3.05) is 20.3 Å². The summed E-state index contributed by atoms with van der Waals surface area (Å²) in [6.45, 7) is 2.47. The van der Waals surface area contributed by atoms with Crippen molar-refractivity contribution in [3.63, 3.8) is 0 Å². The highest BCUT2D eigenvalue weighted by atomic mass is 79.9. The van der Waals surface area contributed by atoms with E-state index >= 15 is 0 Å². The fourth-order valence-corrected chi connectivity index (χ4v) is 2.98. The lowest BCUT2D eigenvalue weighted by Gasteiger charge is -2.10. The molecule has 0 aromatic heterocycles. The van der Waals surface area contributed by atoms with Gasteiger partial charge in [-0.2, -0.15) is 0 Å². The first-order chi connectivity index (χ1) is 9.79. The van der Waals surface area contributed by atoms with Crippen LogP contribution in [0.4, 0.5) is 0 Å². The van der Waals surface area contributed by atoms with Gasteiger partial charge in [-0.1, -0.05) is 45.9 Å². The van der Waals surface area contributed by atoms with Gasteiger partial charge in [-0.25, -0.2) is 0 Å². The Morgan fingerprint density at radius 3 is 2.60 bits per heavy atom. The van der Waals surface area contributed by atoms with Crippen LogP contribution in [0.2, 0.25) is 0 Å². The first kappa shape index (κ1) is 15.6. The lowest BCUT2D eigenvalue weighted by Crippen LogP contribution is -2.18. The molecule has 4 heteroatoms. The molecule has 0 aliphatic carbocycles. The van der Waals surface area contributed by atoms with Crippen molar-refractivity contribution in [2.45, 2.75) is 16.3 Å². The molecular weight excluding hydrogens is 334 g/mol. The van der Waals surface area contributed by atoms with Crippen molar-refractivity contribution in [1.29, 1.82) is 0 Å². The van der Waals surface area contributed by atoms with Crippen LogP contribution < -0.4 is 5.32 Å². The van der Waals surface area contributed by atoms with Gasteiger partial charge in [0.25, 0.3) is 0 Å². The van der Waals surface area contributed by atoms with Crippen molar-refractivity contribution in [2.24, 2.45) is 0 Å². The fraction of sp³-hybridized carbons (Fsp3) is 0.250. The van der Waals surface area contributed by atoms with Crippen molar-refractivity contribution in [3.05, 3.63) is 58.6 Å². The Balaban J connectivity index is 2.01. The molecule has 0 saturated heterocycles. The molecule has 0 fully saturated rings. The molecule has 0 bridgehead atoms. The third-order valence-corrected chi connectivity index (χ3v) is 4.47. The molecule has 0 atom stereocenters. The van der Waals surface area contributed by atoms with Crippen molar-refractivity contribution < 1.29 is 4.74 Å². The average molecular weight is 352 g/mol. The lowest BCUT2D eigenvalue weighted by molar-refractivity contribution is 0.199. The van der Waals surface area contributed by atoms with Gasteiger partial charge in [0.2, 0.25) is 0 Å². The minimum Gasteiger partial charge on any atom is -0.383 e. The standard InChI is InChI=1S/C16H18BrNOS/c1-19-11-10-18-12-13-4-2-3-5-16(13)20-15-8-6-14(17)7-9-15/h2-9,18H,10-12H2,1H3. The Kier molecular flexibility index (Phi) is 6.60. The molecule has 1 N–H and O–H groups in total. The predicted octanol–water partition coefficient (Wildman–Crippen LogP) is 4.34. The highest BCUT2D eigenvalue weighted by Gasteiger charge is 2.03. The maximum Gasteiger partial charge on any atom is 0.0587 e. The molecule has 0 saturated carbocycles. The van der Waals surface area contributed by atoms with Crippen LogP contribution in [0.15, 0.2) is 62.8 Å². The SMILES string of the molecule is COCCNCc1ccccc1Sc1ccc(Br)cc1. The first-order valence-electron chi connectivity index (χ1n) is 6.50. The molecule has 2 rings (SSSR count). The Bertz CT molecular complexity index is 530. The van der Waals surface area contributed by atoms with Crippen LogP contribution >= 0.6 is 27.7 Å². The second-order valence-corrected chi connectivity index (χ2v) is 6.36. The summed E-state index contributed by atoms with van der Waals surface area (Å²) in [5.41, 5.74) is 1.32. The molecule has 0 radical (unpaired) electrons. The smallest absolute Gasteiger partial charge is 0.0587 e. The summed E-state index contributed by atoms with van der Waals surface area (Å²) in [7, 11) is 1.72. The number of benzene rings is 2. The molecule has 0 amide bonds. The van der Waals surface area contributed by atoms with Crippen LogP contribution in [-0.2, 0) is 11.3 Å². The second-order valence-electron chi connectivity index (χ2n) is 4.33. The quantitative estimate of drug-likeness (QED) is 0.749. The Labute approximate surface area is 133 Å². The average Bonchev–Trinajstić information content (AvgIpc) is 2.47. The lowest BCUT2D eigenvalue weighted by atomic mass is 10.2. The summed E-state index contributed by atoms with van der Waals surface area (Å²) in [5.74, 6) is 0. The van der Waals surface area contributed by atoms with E-state index in [-0.39, 0.29) is 0 Å². The zero-order valence-corrected chi connectivity index (χ0v) is 13.8. The monoisotopic (exact) mass is 351 g/mol. The Hall–Kier alpha value is -0.810. The van der Waals surface area contributed by atoms with E-state index in [2.05, 4.69) is 69.8 Å². The van der Waals surface area contributed by atoms with Gasteiger partial charge in [-0.3, -0.25) is 0 Å². The molecule has 0 unspecified atom stereocenters. The van der Waals surface area contributed by atoms with Gasteiger partial charge in [0.05, 0.1) is 6.61 Å². The number of nitrogens with one attached hydrogen (secondary N) is 1. The van der Waals surface area contributed by atoms with Crippen molar-refractivity contribution >= 4 is 27.7 Å². The summed E-state index contributed by atoms with van der Waals surface area (Å²) >= 11 is 5.26. The molecule has 2 nitrogen and oxygen atoms in total. The van der Waals surface area contributed by atoms with Crippen LogP contribution in [0, 0.1) is 0 Å². The predicted molar refractivity (Wildman–Crippen MR) is 88.3 cm³/mol. The second kappa shape index (κ2) is 8.47. The van der Waals surface area contributed by atoms with E-state index in [0.29, 0.717) is 0 Å². The van der Waals surface area contributed by atoms with Gasteiger partial charge in [0.1, 0.15) is 0 Å². The maximum atomic E-state index is 5.04. The number of rotatable bonds is 7. The van der Waals surface area contributed by atoms with Crippen LogP contribution in [-0.4, -0.2) is 20.3 Å². The van der Waals surface area contributed by atoms with Crippen LogP contribution in [0.5, 0.6) is 0 Å². The van der Waals surface area contributed by atoms with Gasteiger partial charge >= 0.3 is 0 Å². The maximum absolute atomic E-state index is 5.04. The molecule has 0 aliphatic heterocycles. The van der Waals surface area contributed by atoms with E-state index in [1.165, 1.54) is 15.4 Å². The Morgan fingerprint density at radius 2 is 1.85 bits per heavy atom. The molecule has 0 spiro atoms. The van der Waals surface area contributed by atoms with Gasteiger partial charge in [0, 0.05) is 34.5 Å². The van der Waals surface area contributed by atoms with Crippen LogP contribution in [0.1, 0.15) is 5.56 Å². The summed E-state index contributed by atoms with van der Waals surface area (Å²) in [6, 6.07) is 16.9. The van der Waals surface area contributed by atoms with Gasteiger partial charge in [0.15, 0.2) is 0 Å².